The van der Waals surface area contributed by atoms with Crippen molar-refractivity contribution in [3.63, 3.8) is 0 Å². The fraction of sp³-hybridized carbons (Fsp3) is 0.667. The minimum absolute atomic E-state index is 0.0647. The molecule has 0 aliphatic carbocycles. The predicted octanol–water partition coefficient (Wildman–Crippen LogP) is 1.67. The SMILES string of the molecule is CC1=CCN(C(=O)CC(C)(C)C(=O)O)CC1. The third-order valence-electron chi connectivity index (χ3n) is 2.96. The molecule has 1 heterocycles. The molecule has 16 heavy (non-hydrogen) atoms. The van der Waals surface area contributed by atoms with Crippen LogP contribution in [0.4, 0.5) is 0 Å². The van der Waals surface area contributed by atoms with Gasteiger partial charge in [-0.1, -0.05) is 11.6 Å². The smallest absolute Gasteiger partial charge is 0.309 e. The molecule has 90 valence electrons. The van der Waals surface area contributed by atoms with Gasteiger partial charge in [0.2, 0.25) is 5.91 Å². The highest BCUT2D eigenvalue weighted by Gasteiger charge is 2.32. The van der Waals surface area contributed by atoms with Crippen LogP contribution in [-0.4, -0.2) is 35.0 Å². The maximum absolute atomic E-state index is 11.9. The van der Waals surface area contributed by atoms with Crippen molar-refractivity contribution < 1.29 is 14.7 Å². The second-order valence-electron chi connectivity index (χ2n) is 5.01. The van der Waals surface area contributed by atoms with E-state index in [0.717, 1.165) is 6.42 Å². The minimum atomic E-state index is -0.979. The molecule has 1 rings (SSSR count). The van der Waals surface area contributed by atoms with Gasteiger partial charge in [-0.15, -0.1) is 0 Å². The predicted molar refractivity (Wildman–Crippen MR) is 61.0 cm³/mol. The molecule has 0 saturated heterocycles. The van der Waals surface area contributed by atoms with Crippen LogP contribution < -0.4 is 0 Å². The molecule has 1 N–H and O–H groups in total. The van der Waals surface area contributed by atoms with Crippen LogP contribution in [0.25, 0.3) is 0 Å². The molecule has 1 aliphatic heterocycles. The second-order valence-corrected chi connectivity index (χ2v) is 5.01. The number of hydrogen-bond acceptors (Lipinski definition) is 2. The second kappa shape index (κ2) is 4.68. The molecular weight excluding hydrogens is 206 g/mol. The summed E-state index contributed by atoms with van der Waals surface area (Å²) in [4.78, 5) is 24.5. The molecule has 1 aliphatic rings. The van der Waals surface area contributed by atoms with E-state index >= 15 is 0 Å². The molecule has 0 radical (unpaired) electrons. The fourth-order valence-corrected chi connectivity index (χ4v) is 1.56. The number of amides is 1. The normalized spacial score (nSPS) is 16.9. The zero-order valence-electron chi connectivity index (χ0n) is 10.1. The van der Waals surface area contributed by atoms with Gasteiger partial charge in [0.15, 0.2) is 0 Å². The Morgan fingerprint density at radius 2 is 2.12 bits per heavy atom. The molecule has 0 unspecified atom stereocenters. The number of carbonyl (C=O) groups excluding carboxylic acids is 1. The van der Waals surface area contributed by atoms with Crippen LogP contribution in [0.15, 0.2) is 11.6 Å². The van der Waals surface area contributed by atoms with Gasteiger partial charge in [0.25, 0.3) is 0 Å². The number of carbonyl (C=O) groups is 2. The first kappa shape index (κ1) is 12.7. The van der Waals surface area contributed by atoms with E-state index in [1.165, 1.54) is 5.57 Å². The molecule has 0 atom stereocenters. The molecule has 4 heteroatoms. The van der Waals surface area contributed by atoms with Crippen molar-refractivity contribution in [1.29, 1.82) is 0 Å². The number of aliphatic carboxylic acids is 1. The van der Waals surface area contributed by atoms with Gasteiger partial charge >= 0.3 is 5.97 Å². The Labute approximate surface area is 95.9 Å². The van der Waals surface area contributed by atoms with Gasteiger partial charge in [-0.3, -0.25) is 9.59 Å². The quantitative estimate of drug-likeness (QED) is 0.743. The summed E-state index contributed by atoms with van der Waals surface area (Å²) in [6.07, 6.45) is 2.98. The highest BCUT2D eigenvalue weighted by Crippen LogP contribution is 2.22. The Balaban J connectivity index is 2.57. The number of hydrogen-bond donors (Lipinski definition) is 1. The lowest BCUT2D eigenvalue weighted by Gasteiger charge is -2.28. The zero-order valence-corrected chi connectivity index (χ0v) is 10.1. The highest BCUT2D eigenvalue weighted by molar-refractivity contribution is 5.84. The first-order valence-corrected chi connectivity index (χ1v) is 5.50. The number of carboxylic acid groups (broad SMARTS) is 1. The van der Waals surface area contributed by atoms with E-state index in [2.05, 4.69) is 0 Å². The average Bonchev–Trinajstić information content (AvgIpc) is 2.17. The van der Waals surface area contributed by atoms with Gasteiger partial charge in [0, 0.05) is 19.5 Å². The summed E-state index contributed by atoms with van der Waals surface area (Å²) in [5, 5.41) is 8.95. The summed E-state index contributed by atoms with van der Waals surface area (Å²) in [6.45, 7) is 6.52. The van der Waals surface area contributed by atoms with Gasteiger partial charge in [-0.2, -0.15) is 0 Å². The van der Waals surface area contributed by atoms with Crippen molar-refractivity contribution in [3.05, 3.63) is 11.6 Å². The number of nitrogens with zero attached hydrogens (tertiary/aromatic N) is 1. The van der Waals surface area contributed by atoms with Crippen LogP contribution in [0.5, 0.6) is 0 Å². The Morgan fingerprint density at radius 1 is 1.50 bits per heavy atom. The van der Waals surface area contributed by atoms with Crippen molar-refractivity contribution in [2.24, 2.45) is 5.41 Å². The number of rotatable bonds is 3. The molecule has 0 fully saturated rings. The molecule has 0 bridgehead atoms. The van der Waals surface area contributed by atoms with Crippen LogP contribution >= 0.6 is 0 Å². The molecule has 0 aromatic carbocycles. The van der Waals surface area contributed by atoms with Gasteiger partial charge in [0.05, 0.1) is 5.41 Å². The van der Waals surface area contributed by atoms with Crippen molar-refractivity contribution in [2.45, 2.75) is 33.6 Å². The fourth-order valence-electron chi connectivity index (χ4n) is 1.56. The number of carboxylic acids is 1. The summed E-state index contributed by atoms with van der Waals surface area (Å²) >= 11 is 0. The maximum Gasteiger partial charge on any atom is 0.309 e. The molecule has 0 aromatic heterocycles. The average molecular weight is 225 g/mol. The summed E-state index contributed by atoms with van der Waals surface area (Å²) in [6, 6.07) is 0. The first-order chi connectivity index (χ1) is 7.33. The van der Waals surface area contributed by atoms with Crippen molar-refractivity contribution in [2.75, 3.05) is 13.1 Å². The largest absolute Gasteiger partial charge is 0.481 e. The van der Waals surface area contributed by atoms with Crippen molar-refractivity contribution in [1.82, 2.24) is 4.90 Å². The van der Waals surface area contributed by atoms with Crippen LogP contribution in [0.2, 0.25) is 0 Å². The first-order valence-electron chi connectivity index (χ1n) is 5.50. The van der Waals surface area contributed by atoms with Gasteiger partial charge in [0.1, 0.15) is 0 Å². The van der Waals surface area contributed by atoms with E-state index in [4.69, 9.17) is 5.11 Å². The molecular formula is C12H19NO3. The lowest BCUT2D eigenvalue weighted by atomic mass is 9.89. The molecule has 4 nitrogen and oxygen atoms in total. The Kier molecular flexibility index (Phi) is 3.73. The van der Waals surface area contributed by atoms with E-state index in [-0.39, 0.29) is 12.3 Å². The Bertz CT molecular complexity index is 331. The van der Waals surface area contributed by atoms with Gasteiger partial charge in [-0.25, -0.2) is 0 Å². The maximum atomic E-state index is 11.9. The lowest BCUT2D eigenvalue weighted by molar-refractivity contribution is -0.151. The van der Waals surface area contributed by atoms with E-state index in [1.807, 2.05) is 13.0 Å². The summed E-state index contributed by atoms with van der Waals surface area (Å²) in [5.41, 5.74) is 0.314. The van der Waals surface area contributed by atoms with Crippen molar-refractivity contribution in [3.8, 4) is 0 Å². The van der Waals surface area contributed by atoms with Crippen LogP contribution in [0.3, 0.4) is 0 Å². The lowest BCUT2D eigenvalue weighted by Crippen LogP contribution is -2.39. The van der Waals surface area contributed by atoms with Crippen molar-refractivity contribution >= 4 is 11.9 Å². The Morgan fingerprint density at radius 3 is 2.56 bits per heavy atom. The molecule has 0 spiro atoms. The molecule has 0 aromatic rings. The van der Waals surface area contributed by atoms with Gasteiger partial charge < -0.3 is 10.0 Å². The molecule has 0 saturated carbocycles. The van der Waals surface area contributed by atoms with Crippen LogP contribution in [0.1, 0.15) is 33.6 Å². The van der Waals surface area contributed by atoms with E-state index in [1.54, 1.807) is 18.7 Å². The zero-order chi connectivity index (χ0) is 12.3. The third-order valence-corrected chi connectivity index (χ3v) is 2.96. The molecule has 1 amide bonds. The third kappa shape index (κ3) is 3.08. The van der Waals surface area contributed by atoms with Gasteiger partial charge in [-0.05, 0) is 27.2 Å². The summed E-state index contributed by atoms with van der Waals surface area (Å²) in [5.74, 6) is -0.999. The van der Waals surface area contributed by atoms with E-state index in [9.17, 15) is 9.59 Å². The summed E-state index contributed by atoms with van der Waals surface area (Å²) < 4.78 is 0. The highest BCUT2D eigenvalue weighted by atomic mass is 16.4. The van der Waals surface area contributed by atoms with Crippen LogP contribution in [0, 0.1) is 5.41 Å². The monoisotopic (exact) mass is 225 g/mol. The minimum Gasteiger partial charge on any atom is -0.481 e. The van der Waals surface area contributed by atoms with E-state index < -0.39 is 11.4 Å². The van der Waals surface area contributed by atoms with Crippen LogP contribution in [-0.2, 0) is 9.59 Å². The standard InChI is InChI=1S/C12H19NO3/c1-9-4-6-13(7-5-9)10(14)8-12(2,3)11(15)16/h4H,5-8H2,1-3H3,(H,15,16). The summed E-state index contributed by atoms with van der Waals surface area (Å²) in [7, 11) is 0. The Hall–Kier alpha value is -1.32. The van der Waals surface area contributed by atoms with E-state index in [0.29, 0.717) is 13.1 Å². The topological polar surface area (TPSA) is 57.6 Å².